The highest BCUT2D eigenvalue weighted by molar-refractivity contribution is 6.03. The molecule has 0 spiro atoms. The summed E-state index contributed by atoms with van der Waals surface area (Å²) in [5.74, 6) is -0.356. The maximum absolute atomic E-state index is 14.8. The summed E-state index contributed by atoms with van der Waals surface area (Å²) in [6.45, 7) is 2.13. The summed E-state index contributed by atoms with van der Waals surface area (Å²) < 4.78 is 25.6. The third-order valence-electron chi connectivity index (χ3n) is 4.91. The van der Waals surface area contributed by atoms with Crippen molar-refractivity contribution >= 4 is 16.8 Å². The van der Waals surface area contributed by atoms with E-state index in [4.69, 9.17) is 9.47 Å². The summed E-state index contributed by atoms with van der Waals surface area (Å²) in [5.41, 5.74) is -0.0402. The Labute approximate surface area is 179 Å². The fraction of sp³-hybridized carbons (Fsp3) is 0.304. The first-order valence-electron chi connectivity index (χ1n) is 9.94. The van der Waals surface area contributed by atoms with E-state index in [-0.39, 0.29) is 41.1 Å². The van der Waals surface area contributed by atoms with Gasteiger partial charge >= 0.3 is 0 Å². The van der Waals surface area contributed by atoms with Gasteiger partial charge in [-0.1, -0.05) is 19.1 Å². The highest BCUT2D eigenvalue weighted by atomic mass is 19.1. The summed E-state index contributed by atoms with van der Waals surface area (Å²) in [6.07, 6.45) is 0.720. The molecule has 0 aliphatic carbocycles. The number of nitrogens with zero attached hydrogens (tertiary/aromatic N) is 1. The van der Waals surface area contributed by atoms with Gasteiger partial charge in [0, 0.05) is 13.6 Å². The zero-order valence-corrected chi connectivity index (χ0v) is 17.7. The van der Waals surface area contributed by atoms with Crippen LogP contribution in [0.15, 0.2) is 41.2 Å². The van der Waals surface area contributed by atoms with E-state index in [0.29, 0.717) is 17.9 Å². The minimum Gasteiger partial charge on any atom is -0.497 e. The largest absolute Gasteiger partial charge is 0.497 e. The van der Waals surface area contributed by atoms with Crippen LogP contribution in [0.25, 0.3) is 22.0 Å². The number of methoxy groups -OCH3 is 1. The van der Waals surface area contributed by atoms with Crippen molar-refractivity contribution in [2.24, 2.45) is 0 Å². The molecule has 2 aromatic carbocycles. The molecule has 1 heterocycles. The van der Waals surface area contributed by atoms with E-state index >= 15 is 0 Å². The second kappa shape index (κ2) is 9.61. The van der Waals surface area contributed by atoms with Gasteiger partial charge in [-0.15, -0.1) is 0 Å². The number of carbonyl (C=O) groups is 1. The molecule has 0 unspecified atom stereocenters. The fourth-order valence-corrected chi connectivity index (χ4v) is 3.30. The Kier molecular flexibility index (Phi) is 6.91. The number of halogens is 1. The molecular weight excluding hydrogens is 403 g/mol. The Morgan fingerprint density at radius 2 is 1.90 bits per heavy atom. The topological polar surface area (TPSA) is 91.9 Å². The Hall–Kier alpha value is -3.39. The summed E-state index contributed by atoms with van der Waals surface area (Å²) in [6, 6.07) is 9.19. The van der Waals surface area contributed by atoms with E-state index in [2.05, 4.69) is 4.98 Å². The summed E-state index contributed by atoms with van der Waals surface area (Å²) in [4.78, 5) is 30.9. The number of aromatic amines is 1. The SMILES string of the molecule is CCCOc1ccc(F)c2c(=O)c(-c3ccc(OC)cc3)c(C(=O)N(C)CCO)[nH]c12. The van der Waals surface area contributed by atoms with Crippen molar-refractivity contribution in [3.63, 3.8) is 0 Å². The lowest BCUT2D eigenvalue weighted by molar-refractivity contribution is 0.0762. The van der Waals surface area contributed by atoms with Crippen molar-refractivity contribution in [3.8, 4) is 22.6 Å². The Bertz CT molecular complexity index is 1140. The van der Waals surface area contributed by atoms with Crippen LogP contribution >= 0.6 is 0 Å². The molecule has 0 saturated heterocycles. The second-order valence-electron chi connectivity index (χ2n) is 7.03. The molecule has 0 saturated carbocycles. The smallest absolute Gasteiger partial charge is 0.270 e. The molecule has 1 aromatic heterocycles. The molecule has 8 heteroatoms. The number of amides is 1. The maximum Gasteiger partial charge on any atom is 0.270 e. The van der Waals surface area contributed by atoms with E-state index < -0.39 is 17.2 Å². The number of pyridine rings is 1. The molecule has 31 heavy (non-hydrogen) atoms. The van der Waals surface area contributed by atoms with Crippen LogP contribution in [0.1, 0.15) is 23.8 Å². The minimum absolute atomic E-state index is 0.00874. The maximum atomic E-state index is 14.8. The first-order chi connectivity index (χ1) is 14.9. The van der Waals surface area contributed by atoms with Gasteiger partial charge in [-0.2, -0.15) is 0 Å². The first kappa shape index (κ1) is 22.3. The molecule has 0 bridgehead atoms. The van der Waals surface area contributed by atoms with Gasteiger partial charge in [0.05, 0.1) is 36.8 Å². The van der Waals surface area contributed by atoms with Crippen molar-refractivity contribution in [1.82, 2.24) is 9.88 Å². The predicted molar refractivity (Wildman–Crippen MR) is 116 cm³/mol. The van der Waals surface area contributed by atoms with Gasteiger partial charge in [0.2, 0.25) is 5.43 Å². The van der Waals surface area contributed by atoms with Gasteiger partial charge in [-0.05, 0) is 36.2 Å². The minimum atomic E-state index is -0.711. The molecular formula is C23H25FN2O5. The monoisotopic (exact) mass is 428 g/mol. The second-order valence-corrected chi connectivity index (χ2v) is 7.03. The van der Waals surface area contributed by atoms with Crippen molar-refractivity contribution in [1.29, 1.82) is 0 Å². The number of benzene rings is 2. The molecule has 2 N–H and O–H groups in total. The van der Waals surface area contributed by atoms with E-state index in [1.165, 1.54) is 31.2 Å². The molecule has 7 nitrogen and oxygen atoms in total. The predicted octanol–water partition coefficient (Wildman–Crippen LogP) is 3.20. The number of carbonyl (C=O) groups excluding carboxylic acids is 1. The van der Waals surface area contributed by atoms with E-state index in [0.717, 1.165) is 6.42 Å². The molecule has 164 valence electrons. The van der Waals surface area contributed by atoms with Crippen LogP contribution in [0.4, 0.5) is 4.39 Å². The molecule has 0 fully saturated rings. The number of likely N-dealkylation sites (N-methyl/N-ethyl adjacent to an activating group) is 1. The van der Waals surface area contributed by atoms with Crippen LogP contribution in [0.2, 0.25) is 0 Å². The summed E-state index contributed by atoms with van der Waals surface area (Å²) in [7, 11) is 3.03. The number of aromatic nitrogens is 1. The van der Waals surface area contributed by atoms with Crippen molar-refractivity contribution in [2.75, 3.05) is 33.9 Å². The molecule has 1 amide bonds. The summed E-state index contributed by atoms with van der Waals surface area (Å²) >= 11 is 0. The Morgan fingerprint density at radius 1 is 1.19 bits per heavy atom. The molecule has 0 atom stereocenters. The van der Waals surface area contributed by atoms with Crippen molar-refractivity contribution < 1.29 is 23.8 Å². The van der Waals surface area contributed by atoms with Crippen molar-refractivity contribution in [3.05, 3.63) is 58.1 Å². The van der Waals surface area contributed by atoms with Gasteiger partial charge in [0.15, 0.2) is 0 Å². The average molecular weight is 428 g/mol. The zero-order chi connectivity index (χ0) is 22.5. The van der Waals surface area contributed by atoms with Gasteiger partial charge in [0.25, 0.3) is 5.91 Å². The highest BCUT2D eigenvalue weighted by Crippen LogP contribution is 2.30. The normalized spacial score (nSPS) is 10.9. The lowest BCUT2D eigenvalue weighted by Crippen LogP contribution is -2.32. The van der Waals surface area contributed by atoms with Crippen LogP contribution in [0.3, 0.4) is 0 Å². The quantitative estimate of drug-likeness (QED) is 0.575. The number of aliphatic hydroxyl groups excluding tert-OH is 1. The van der Waals surface area contributed by atoms with Crippen LogP contribution in [0.5, 0.6) is 11.5 Å². The van der Waals surface area contributed by atoms with Gasteiger partial charge in [-0.25, -0.2) is 4.39 Å². The van der Waals surface area contributed by atoms with Crippen LogP contribution < -0.4 is 14.9 Å². The number of aliphatic hydroxyl groups is 1. The summed E-state index contributed by atoms with van der Waals surface area (Å²) in [5, 5.41) is 9.05. The van der Waals surface area contributed by atoms with E-state index in [1.54, 1.807) is 24.3 Å². The molecule has 3 aromatic rings. The number of rotatable bonds is 8. The fourth-order valence-electron chi connectivity index (χ4n) is 3.30. The average Bonchev–Trinajstić information content (AvgIpc) is 2.78. The van der Waals surface area contributed by atoms with Gasteiger partial charge in [0.1, 0.15) is 23.0 Å². The number of hydrogen-bond acceptors (Lipinski definition) is 5. The van der Waals surface area contributed by atoms with Crippen LogP contribution in [-0.2, 0) is 0 Å². The lowest BCUT2D eigenvalue weighted by atomic mass is 9.99. The van der Waals surface area contributed by atoms with Gasteiger partial charge < -0.3 is 24.5 Å². The van der Waals surface area contributed by atoms with Crippen molar-refractivity contribution in [2.45, 2.75) is 13.3 Å². The third-order valence-corrected chi connectivity index (χ3v) is 4.91. The van der Waals surface area contributed by atoms with E-state index in [9.17, 15) is 19.1 Å². The van der Waals surface area contributed by atoms with E-state index in [1.807, 2.05) is 6.92 Å². The standard InChI is InChI=1S/C23H25FN2O5/c1-4-13-31-17-10-9-16(24)19-20(17)25-21(23(29)26(2)11-12-27)18(22(19)28)14-5-7-15(30-3)8-6-14/h5-10,27H,4,11-13H2,1-3H3,(H,25,28). The first-order valence-corrected chi connectivity index (χ1v) is 9.94. The highest BCUT2D eigenvalue weighted by Gasteiger charge is 2.25. The van der Waals surface area contributed by atoms with Gasteiger partial charge in [-0.3, -0.25) is 9.59 Å². The number of hydrogen-bond donors (Lipinski definition) is 2. The molecule has 0 aliphatic heterocycles. The lowest BCUT2D eigenvalue weighted by Gasteiger charge is -2.19. The third kappa shape index (κ3) is 4.39. The number of ether oxygens (including phenoxy) is 2. The Morgan fingerprint density at radius 3 is 2.52 bits per heavy atom. The Balaban J connectivity index is 2.34. The molecule has 0 radical (unpaired) electrons. The van der Waals surface area contributed by atoms with Crippen LogP contribution in [0, 0.1) is 5.82 Å². The molecule has 0 aliphatic rings. The van der Waals surface area contributed by atoms with Crippen LogP contribution in [-0.4, -0.2) is 54.8 Å². The number of fused-ring (bicyclic) bond motifs is 1. The zero-order valence-electron chi connectivity index (χ0n) is 17.7. The number of nitrogens with one attached hydrogen (secondary N) is 1. The molecule has 3 rings (SSSR count). The number of H-pyrrole nitrogens is 1.